The van der Waals surface area contributed by atoms with E-state index in [4.69, 9.17) is 10.5 Å². The minimum Gasteiger partial charge on any atom is -0.493 e. The SMILES string of the molecule is CCCCN(C(=O)CN1C[C@H](c2ccc3c(c2)CCO3)[C@@H](C(=O)O)[C@@H]1CCn1cccn1)c1cccc(CN)c1. The lowest BCUT2D eigenvalue weighted by molar-refractivity contribution is -0.143. The van der Waals surface area contributed by atoms with Gasteiger partial charge in [0, 0.05) is 62.6 Å². The molecule has 1 fully saturated rings. The van der Waals surface area contributed by atoms with Crippen LogP contribution in [0, 0.1) is 5.92 Å². The van der Waals surface area contributed by atoms with Crippen molar-refractivity contribution in [2.24, 2.45) is 11.7 Å². The maximum atomic E-state index is 13.9. The number of aliphatic carboxylic acids is 1. The number of nitrogens with zero attached hydrogens (tertiary/aromatic N) is 4. The number of unbranched alkanes of at least 4 members (excludes halogenated alkanes) is 1. The topological polar surface area (TPSA) is 114 Å². The molecular formula is C31H39N5O4. The van der Waals surface area contributed by atoms with Gasteiger partial charge in [-0.15, -0.1) is 0 Å². The number of hydrogen-bond acceptors (Lipinski definition) is 6. The smallest absolute Gasteiger partial charge is 0.308 e. The minimum atomic E-state index is -0.833. The zero-order valence-electron chi connectivity index (χ0n) is 23.1. The van der Waals surface area contributed by atoms with Crippen LogP contribution < -0.4 is 15.4 Å². The number of aromatic nitrogens is 2. The average molecular weight is 546 g/mol. The summed E-state index contributed by atoms with van der Waals surface area (Å²) in [5.74, 6) is -0.862. The third-order valence-corrected chi connectivity index (χ3v) is 8.22. The second-order valence-electron chi connectivity index (χ2n) is 10.8. The Morgan fingerprint density at radius 2 is 2.08 bits per heavy atom. The number of carboxylic acids is 1. The van der Waals surface area contributed by atoms with Crippen LogP contribution in [0.25, 0.3) is 0 Å². The molecule has 1 saturated heterocycles. The molecule has 3 N–H and O–H groups in total. The number of rotatable bonds is 12. The number of carbonyl (C=O) groups is 2. The summed E-state index contributed by atoms with van der Waals surface area (Å²) in [5, 5.41) is 14.8. The van der Waals surface area contributed by atoms with Crippen molar-refractivity contribution in [3.63, 3.8) is 0 Å². The summed E-state index contributed by atoms with van der Waals surface area (Å²) >= 11 is 0. The molecule has 9 heteroatoms. The van der Waals surface area contributed by atoms with Crippen LogP contribution in [0.2, 0.25) is 0 Å². The maximum Gasteiger partial charge on any atom is 0.308 e. The van der Waals surface area contributed by atoms with Crippen molar-refractivity contribution in [3.05, 3.63) is 77.6 Å². The Bertz CT molecular complexity index is 1310. The third-order valence-electron chi connectivity index (χ3n) is 8.22. The first kappa shape index (κ1) is 27.9. The summed E-state index contributed by atoms with van der Waals surface area (Å²) in [4.78, 5) is 30.7. The first-order chi connectivity index (χ1) is 19.5. The fraction of sp³-hybridized carbons (Fsp3) is 0.452. The van der Waals surface area contributed by atoms with Crippen molar-refractivity contribution in [1.29, 1.82) is 0 Å². The summed E-state index contributed by atoms with van der Waals surface area (Å²) in [6.45, 7) is 4.98. The Labute approximate surface area is 235 Å². The van der Waals surface area contributed by atoms with E-state index in [9.17, 15) is 14.7 Å². The number of nitrogens with two attached hydrogens (primary N) is 1. The second-order valence-corrected chi connectivity index (χ2v) is 10.8. The standard InChI is InChI=1S/C31H39N5O4/c1-2-3-14-36(25-7-4-6-22(17-25)19-32)29(37)21-34-20-26(23-8-9-28-24(18-23)11-16-40-28)30(31(38)39)27(34)10-15-35-13-5-12-33-35/h4-9,12-13,17-18,26-27,30H,2-3,10-11,14-16,19-21,32H2,1H3,(H,38,39)/t26-,27+,30-/m1/s1. The van der Waals surface area contributed by atoms with Gasteiger partial charge in [0.2, 0.25) is 5.91 Å². The molecule has 2 aliphatic heterocycles. The molecule has 3 atom stereocenters. The highest BCUT2D eigenvalue weighted by Crippen LogP contribution is 2.41. The Hall–Kier alpha value is -3.69. The largest absolute Gasteiger partial charge is 0.493 e. The Kier molecular flexibility index (Phi) is 8.81. The number of carboxylic acid groups (broad SMARTS) is 1. The van der Waals surface area contributed by atoms with Gasteiger partial charge in [0.15, 0.2) is 0 Å². The molecule has 0 aliphatic carbocycles. The zero-order valence-corrected chi connectivity index (χ0v) is 23.1. The van der Waals surface area contributed by atoms with Crippen molar-refractivity contribution >= 4 is 17.6 Å². The van der Waals surface area contributed by atoms with E-state index in [0.29, 0.717) is 39.2 Å². The van der Waals surface area contributed by atoms with Crippen LogP contribution in [-0.2, 0) is 29.1 Å². The molecule has 0 radical (unpaired) electrons. The summed E-state index contributed by atoms with van der Waals surface area (Å²) in [7, 11) is 0. The van der Waals surface area contributed by atoms with Crippen LogP contribution in [0.1, 0.15) is 48.8 Å². The van der Waals surface area contributed by atoms with Crippen molar-refractivity contribution in [1.82, 2.24) is 14.7 Å². The van der Waals surface area contributed by atoms with Crippen molar-refractivity contribution in [2.75, 3.05) is 31.1 Å². The number of hydrogen-bond donors (Lipinski definition) is 2. The van der Waals surface area contributed by atoms with Gasteiger partial charge in [-0.3, -0.25) is 19.2 Å². The fourth-order valence-corrected chi connectivity index (χ4v) is 6.15. The van der Waals surface area contributed by atoms with E-state index in [1.165, 1.54) is 0 Å². The summed E-state index contributed by atoms with van der Waals surface area (Å²) < 4.78 is 7.51. The monoisotopic (exact) mass is 545 g/mol. The van der Waals surface area contributed by atoms with E-state index >= 15 is 0 Å². The molecule has 212 valence electrons. The van der Waals surface area contributed by atoms with Crippen LogP contribution in [0.15, 0.2) is 60.9 Å². The van der Waals surface area contributed by atoms with Crippen molar-refractivity contribution in [2.45, 2.75) is 57.7 Å². The van der Waals surface area contributed by atoms with Gasteiger partial charge in [0.25, 0.3) is 0 Å². The Morgan fingerprint density at radius 1 is 1.20 bits per heavy atom. The van der Waals surface area contributed by atoms with Gasteiger partial charge in [-0.1, -0.05) is 37.6 Å². The molecule has 0 unspecified atom stereocenters. The summed E-state index contributed by atoms with van der Waals surface area (Å²) in [6.07, 6.45) is 6.85. The first-order valence-corrected chi connectivity index (χ1v) is 14.3. The quantitative estimate of drug-likeness (QED) is 0.357. The number of amides is 1. The highest BCUT2D eigenvalue weighted by atomic mass is 16.5. The third kappa shape index (κ3) is 6.05. The van der Waals surface area contributed by atoms with E-state index in [2.05, 4.69) is 23.0 Å². The van der Waals surface area contributed by atoms with Gasteiger partial charge in [0.1, 0.15) is 5.75 Å². The van der Waals surface area contributed by atoms with Crippen LogP contribution in [-0.4, -0.2) is 63.9 Å². The van der Waals surface area contributed by atoms with E-state index < -0.39 is 11.9 Å². The Morgan fingerprint density at radius 3 is 2.83 bits per heavy atom. The lowest BCUT2D eigenvalue weighted by Gasteiger charge is -2.30. The average Bonchev–Trinajstić information content (AvgIpc) is 3.72. The molecule has 0 spiro atoms. The van der Waals surface area contributed by atoms with Crippen molar-refractivity contribution in [3.8, 4) is 5.75 Å². The van der Waals surface area contributed by atoms with Gasteiger partial charge < -0.3 is 20.5 Å². The first-order valence-electron chi connectivity index (χ1n) is 14.3. The van der Waals surface area contributed by atoms with Gasteiger partial charge in [0.05, 0.1) is 19.1 Å². The van der Waals surface area contributed by atoms with Crippen LogP contribution in [0.4, 0.5) is 5.69 Å². The number of carbonyl (C=O) groups excluding carboxylic acids is 1. The number of ether oxygens (including phenoxy) is 1. The van der Waals surface area contributed by atoms with Gasteiger partial charge >= 0.3 is 5.97 Å². The van der Waals surface area contributed by atoms with Crippen LogP contribution >= 0.6 is 0 Å². The van der Waals surface area contributed by atoms with E-state index in [0.717, 1.165) is 47.4 Å². The number of likely N-dealkylation sites (tertiary alicyclic amines) is 1. The minimum absolute atomic E-state index is 0.0288. The normalized spacial score (nSPS) is 20.3. The molecule has 2 aromatic carbocycles. The highest BCUT2D eigenvalue weighted by molar-refractivity contribution is 5.95. The molecule has 0 saturated carbocycles. The van der Waals surface area contributed by atoms with Crippen LogP contribution in [0.5, 0.6) is 5.75 Å². The fourth-order valence-electron chi connectivity index (χ4n) is 6.15. The number of benzene rings is 2. The van der Waals surface area contributed by atoms with E-state index in [1.807, 2.05) is 58.2 Å². The molecule has 0 bridgehead atoms. The second kappa shape index (κ2) is 12.7. The predicted octanol–water partition coefficient (Wildman–Crippen LogP) is 3.67. The van der Waals surface area contributed by atoms with Gasteiger partial charge in [-0.25, -0.2) is 0 Å². The van der Waals surface area contributed by atoms with Gasteiger partial charge in [-0.05, 0) is 53.8 Å². The number of fused-ring (bicyclic) bond motifs is 1. The molecule has 1 aromatic heterocycles. The Balaban J connectivity index is 1.43. The van der Waals surface area contributed by atoms with Gasteiger partial charge in [-0.2, -0.15) is 5.10 Å². The number of aryl methyl sites for hydroxylation is 1. The van der Waals surface area contributed by atoms with Crippen molar-refractivity contribution < 1.29 is 19.4 Å². The molecule has 3 aromatic rings. The molecular weight excluding hydrogens is 506 g/mol. The molecule has 9 nitrogen and oxygen atoms in total. The number of anilines is 1. The molecule has 5 rings (SSSR count). The van der Waals surface area contributed by atoms with Crippen LogP contribution in [0.3, 0.4) is 0 Å². The zero-order chi connectivity index (χ0) is 28.1. The molecule has 40 heavy (non-hydrogen) atoms. The highest BCUT2D eigenvalue weighted by Gasteiger charge is 2.47. The molecule has 3 heterocycles. The predicted molar refractivity (Wildman–Crippen MR) is 153 cm³/mol. The van der Waals surface area contributed by atoms with E-state index in [1.54, 1.807) is 6.20 Å². The molecule has 1 amide bonds. The molecule has 2 aliphatic rings. The maximum absolute atomic E-state index is 13.9. The van der Waals surface area contributed by atoms with E-state index in [-0.39, 0.29) is 24.4 Å². The lowest BCUT2D eigenvalue weighted by Crippen LogP contribution is -2.45. The lowest BCUT2D eigenvalue weighted by atomic mass is 9.83. The summed E-state index contributed by atoms with van der Waals surface area (Å²) in [5.41, 5.74) is 9.80. The summed E-state index contributed by atoms with van der Waals surface area (Å²) in [6, 6.07) is 15.4.